The molecule has 2 rings (SSSR count). The second kappa shape index (κ2) is 7.05. The van der Waals surface area contributed by atoms with E-state index < -0.39 is 0 Å². The van der Waals surface area contributed by atoms with Gasteiger partial charge in [0.1, 0.15) is 5.15 Å². The minimum atomic E-state index is -0.0835. The third-order valence-electron chi connectivity index (χ3n) is 3.39. The first kappa shape index (κ1) is 14.5. The highest BCUT2D eigenvalue weighted by atomic mass is 35.5. The summed E-state index contributed by atoms with van der Waals surface area (Å²) in [5.41, 5.74) is 1.64. The van der Waals surface area contributed by atoms with Gasteiger partial charge in [-0.1, -0.05) is 11.6 Å². The predicted molar refractivity (Wildman–Crippen MR) is 75.7 cm³/mol. The Bertz CT molecular complexity index is 409. The number of hydrogen-bond donors (Lipinski definition) is 1. The molecule has 6 heteroatoms. The van der Waals surface area contributed by atoms with Crippen molar-refractivity contribution in [2.45, 2.75) is 6.61 Å². The molecule has 0 bridgehead atoms. The van der Waals surface area contributed by atoms with Gasteiger partial charge >= 0.3 is 0 Å². The summed E-state index contributed by atoms with van der Waals surface area (Å²) in [7, 11) is 1.73. The molecule has 0 unspecified atom stereocenters. The molecule has 0 atom stereocenters. The van der Waals surface area contributed by atoms with Crippen LogP contribution in [0.5, 0.6) is 0 Å². The van der Waals surface area contributed by atoms with Gasteiger partial charge in [-0.15, -0.1) is 0 Å². The maximum Gasteiger partial charge on any atom is 0.129 e. The van der Waals surface area contributed by atoms with Crippen LogP contribution in [0.4, 0.5) is 5.69 Å². The van der Waals surface area contributed by atoms with Gasteiger partial charge in [0.15, 0.2) is 0 Å². The average molecular weight is 286 g/mol. The van der Waals surface area contributed by atoms with Crippen LogP contribution in [-0.4, -0.2) is 61.4 Å². The van der Waals surface area contributed by atoms with Crippen LogP contribution < -0.4 is 4.90 Å². The van der Waals surface area contributed by atoms with Crippen molar-refractivity contribution in [3.8, 4) is 0 Å². The molecule has 106 valence electrons. The molecule has 5 nitrogen and oxygen atoms in total. The largest absolute Gasteiger partial charge is 0.390 e. The van der Waals surface area contributed by atoms with E-state index in [1.807, 2.05) is 6.07 Å². The highest BCUT2D eigenvalue weighted by molar-refractivity contribution is 6.29. The second-order valence-corrected chi connectivity index (χ2v) is 4.97. The van der Waals surface area contributed by atoms with E-state index in [9.17, 15) is 5.11 Å². The van der Waals surface area contributed by atoms with Crippen molar-refractivity contribution in [3.63, 3.8) is 0 Å². The first-order valence-electron chi connectivity index (χ1n) is 6.47. The van der Waals surface area contributed by atoms with Crippen molar-refractivity contribution in [1.29, 1.82) is 0 Å². The summed E-state index contributed by atoms with van der Waals surface area (Å²) >= 11 is 5.85. The van der Waals surface area contributed by atoms with Gasteiger partial charge in [-0.05, 0) is 12.1 Å². The lowest BCUT2D eigenvalue weighted by Crippen LogP contribution is -2.47. The van der Waals surface area contributed by atoms with Gasteiger partial charge in [-0.2, -0.15) is 0 Å². The van der Waals surface area contributed by atoms with Crippen molar-refractivity contribution in [3.05, 3.63) is 23.0 Å². The molecule has 1 aliphatic rings. The average Bonchev–Trinajstić information content (AvgIpc) is 2.45. The number of rotatable bonds is 5. The van der Waals surface area contributed by atoms with E-state index in [1.54, 1.807) is 13.2 Å². The number of ether oxygens (including phenoxy) is 1. The summed E-state index contributed by atoms with van der Waals surface area (Å²) in [5, 5.41) is 9.79. The molecule has 0 aliphatic carbocycles. The molecule has 0 saturated carbocycles. The van der Waals surface area contributed by atoms with Gasteiger partial charge in [-0.3, -0.25) is 4.90 Å². The molecule has 1 aromatic heterocycles. The maximum atomic E-state index is 9.37. The summed E-state index contributed by atoms with van der Waals surface area (Å²) in [6, 6.07) is 3.71. The quantitative estimate of drug-likeness (QED) is 0.818. The molecule has 0 spiro atoms. The Labute approximate surface area is 118 Å². The van der Waals surface area contributed by atoms with Crippen LogP contribution in [-0.2, 0) is 11.3 Å². The summed E-state index contributed by atoms with van der Waals surface area (Å²) in [6.45, 7) is 5.51. The van der Waals surface area contributed by atoms with Crippen LogP contribution in [0.15, 0.2) is 12.1 Å². The molecule has 1 aromatic rings. The van der Waals surface area contributed by atoms with Gasteiger partial charge in [0.2, 0.25) is 0 Å². The van der Waals surface area contributed by atoms with Gasteiger partial charge in [-0.25, -0.2) is 4.98 Å². The van der Waals surface area contributed by atoms with Crippen LogP contribution in [0.25, 0.3) is 0 Å². The second-order valence-electron chi connectivity index (χ2n) is 4.58. The van der Waals surface area contributed by atoms with E-state index >= 15 is 0 Å². The van der Waals surface area contributed by atoms with E-state index in [4.69, 9.17) is 16.3 Å². The zero-order valence-corrected chi connectivity index (χ0v) is 11.9. The number of aliphatic hydroxyl groups is 1. The number of aliphatic hydroxyl groups excluding tert-OH is 1. The summed E-state index contributed by atoms with van der Waals surface area (Å²) < 4.78 is 5.09. The Morgan fingerprint density at radius 2 is 2.05 bits per heavy atom. The third kappa shape index (κ3) is 3.79. The molecule has 1 aliphatic heterocycles. The first-order valence-corrected chi connectivity index (χ1v) is 6.85. The number of aromatic nitrogens is 1. The fourth-order valence-electron chi connectivity index (χ4n) is 2.30. The van der Waals surface area contributed by atoms with E-state index in [2.05, 4.69) is 14.8 Å². The topological polar surface area (TPSA) is 48.8 Å². The number of hydrogen-bond acceptors (Lipinski definition) is 5. The minimum Gasteiger partial charge on any atom is -0.390 e. The number of pyridine rings is 1. The maximum absolute atomic E-state index is 9.37. The summed E-state index contributed by atoms with van der Waals surface area (Å²) in [5.74, 6) is 0. The Hall–Kier alpha value is -0.880. The Balaban J connectivity index is 1.97. The minimum absolute atomic E-state index is 0.0835. The number of anilines is 1. The third-order valence-corrected chi connectivity index (χ3v) is 3.60. The molecular weight excluding hydrogens is 266 g/mol. The van der Waals surface area contributed by atoms with E-state index in [0.717, 1.165) is 45.0 Å². The molecule has 1 saturated heterocycles. The van der Waals surface area contributed by atoms with Crippen LogP contribution >= 0.6 is 11.6 Å². The van der Waals surface area contributed by atoms with Crippen molar-refractivity contribution in [2.75, 3.05) is 51.3 Å². The molecule has 19 heavy (non-hydrogen) atoms. The van der Waals surface area contributed by atoms with Gasteiger partial charge in [0.05, 0.1) is 24.6 Å². The van der Waals surface area contributed by atoms with E-state index in [1.165, 1.54) is 0 Å². The van der Waals surface area contributed by atoms with Crippen molar-refractivity contribution in [2.24, 2.45) is 0 Å². The predicted octanol–water partition coefficient (Wildman–Crippen LogP) is 0.996. The molecule has 0 amide bonds. The SMILES string of the molecule is COCCN1CCN(c2ccc(Cl)nc2CO)CC1. The lowest BCUT2D eigenvalue weighted by atomic mass is 10.2. The lowest BCUT2D eigenvalue weighted by molar-refractivity contribution is 0.144. The van der Waals surface area contributed by atoms with Crippen LogP contribution in [0.3, 0.4) is 0 Å². The standard InChI is InChI=1S/C13H20ClN3O2/c1-19-9-8-16-4-6-17(7-5-16)12-2-3-13(14)15-11(12)10-18/h2-3,18H,4-10H2,1H3. The van der Waals surface area contributed by atoms with Crippen LogP contribution in [0.1, 0.15) is 5.69 Å². The summed E-state index contributed by atoms with van der Waals surface area (Å²) in [6.07, 6.45) is 0. The fraction of sp³-hybridized carbons (Fsp3) is 0.615. The van der Waals surface area contributed by atoms with Crippen molar-refractivity contribution in [1.82, 2.24) is 9.88 Å². The van der Waals surface area contributed by atoms with Crippen molar-refractivity contribution < 1.29 is 9.84 Å². The smallest absolute Gasteiger partial charge is 0.129 e. The van der Waals surface area contributed by atoms with E-state index in [0.29, 0.717) is 10.8 Å². The molecular formula is C13H20ClN3O2. The number of methoxy groups -OCH3 is 1. The molecule has 2 heterocycles. The molecule has 0 aromatic carbocycles. The zero-order valence-electron chi connectivity index (χ0n) is 11.2. The molecule has 1 N–H and O–H groups in total. The summed E-state index contributed by atoms with van der Waals surface area (Å²) in [4.78, 5) is 8.80. The molecule has 0 radical (unpaired) electrons. The van der Waals surface area contributed by atoms with E-state index in [-0.39, 0.29) is 6.61 Å². The normalized spacial score (nSPS) is 16.9. The van der Waals surface area contributed by atoms with Gasteiger partial charge < -0.3 is 14.7 Å². The van der Waals surface area contributed by atoms with Gasteiger partial charge in [0, 0.05) is 39.8 Å². The Kier molecular flexibility index (Phi) is 5.39. The number of piperazine rings is 1. The lowest BCUT2D eigenvalue weighted by Gasteiger charge is -2.36. The van der Waals surface area contributed by atoms with Crippen LogP contribution in [0, 0.1) is 0 Å². The highest BCUT2D eigenvalue weighted by Gasteiger charge is 2.19. The highest BCUT2D eigenvalue weighted by Crippen LogP contribution is 2.22. The number of nitrogens with zero attached hydrogens (tertiary/aromatic N) is 3. The number of halogens is 1. The zero-order chi connectivity index (χ0) is 13.7. The molecule has 1 fully saturated rings. The Morgan fingerprint density at radius 3 is 2.68 bits per heavy atom. The first-order chi connectivity index (χ1) is 9.24. The van der Waals surface area contributed by atoms with Gasteiger partial charge in [0.25, 0.3) is 0 Å². The fourth-order valence-corrected chi connectivity index (χ4v) is 2.47. The van der Waals surface area contributed by atoms with Crippen molar-refractivity contribution >= 4 is 17.3 Å². The van der Waals surface area contributed by atoms with Crippen LogP contribution in [0.2, 0.25) is 5.15 Å². The monoisotopic (exact) mass is 285 g/mol. The Morgan fingerprint density at radius 1 is 1.32 bits per heavy atom.